The van der Waals surface area contributed by atoms with E-state index in [4.69, 9.17) is 0 Å². The van der Waals surface area contributed by atoms with Gasteiger partial charge in [-0.1, -0.05) is 62.0 Å². The molecule has 3 aromatic rings. The Morgan fingerprint density at radius 3 is 2.18 bits per heavy atom. The van der Waals surface area contributed by atoms with Gasteiger partial charge in [0.05, 0.1) is 21.3 Å². The first-order chi connectivity index (χ1) is 16.5. The van der Waals surface area contributed by atoms with Gasteiger partial charge >= 0.3 is 0 Å². The third-order valence-corrected chi connectivity index (χ3v) is 6.94. The summed E-state index contributed by atoms with van der Waals surface area (Å²) >= 11 is 1.28. The van der Waals surface area contributed by atoms with Crippen molar-refractivity contribution in [3.63, 3.8) is 0 Å². The number of nitrogens with one attached hydrogen (secondary N) is 1. The second kappa shape index (κ2) is 11.3. The maximum Gasteiger partial charge on any atom is 0.261 e. The van der Waals surface area contributed by atoms with Gasteiger partial charge < -0.3 is 5.32 Å². The smallest absolute Gasteiger partial charge is 0.261 e. The third-order valence-electron chi connectivity index (χ3n) is 6.01. The van der Waals surface area contributed by atoms with Crippen molar-refractivity contribution >= 4 is 44.4 Å². The largest absolute Gasteiger partial charge is 0.302 e. The number of fused-ring (bicyclic) bond motifs is 2. The van der Waals surface area contributed by atoms with Crippen molar-refractivity contribution in [2.75, 3.05) is 11.9 Å². The van der Waals surface area contributed by atoms with Gasteiger partial charge in [-0.2, -0.15) is 0 Å². The van der Waals surface area contributed by atoms with E-state index in [0.29, 0.717) is 34.7 Å². The first-order valence-corrected chi connectivity index (χ1v) is 12.7. The van der Waals surface area contributed by atoms with Gasteiger partial charge in [-0.15, -0.1) is 0 Å². The number of unbranched alkanes of at least 4 members (excludes halogenated alkanes) is 7. The van der Waals surface area contributed by atoms with Crippen LogP contribution in [0, 0.1) is 5.82 Å². The summed E-state index contributed by atoms with van der Waals surface area (Å²) < 4.78 is 14.0. The summed E-state index contributed by atoms with van der Waals surface area (Å²) in [6.45, 7) is 0.477. The molecule has 1 aromatic heterocycles. The van der Waals surface area contributed by atoms with E-state index in [1.807, 2.05) is 0 Å². The Hall–Kier alpha value is -3.13. The fraction of sp³-hybridized carbons (Fsp3) is 0.385. The van der Waals surface area contributed by atoms with E-state index in [9.17, 15) is 18.8 Å². The van der Waals surface area contributed by atoms with Gasteiger partial charge in [-0.05, 0) is 43.2 Å². The van der Waals surface area contributed by atoms with E-state index in [-0.39, 0.29) is 23.5 Å². The minimum Gasteiger partial charge on any atom is -0.302 e. The summed E-state index contributed by atoms with van der Waals surface area (Å²) in [6.07, 6.45) is 8.44. The summed E-state index contributed by atoms with van der Waals surface area (Å²) in [5, 5.41) is 3.31. The van der Waals surface area contributed by atoms with Crippen LogP contribution in [0.25, 0.3) is 10.2 Å². The highest BCUT2D eigenvalue weighted by molar-refractivity contribution is 7.22. The molecule has 0 bridgehead atoms. The molecule has 0 aliphatic carbocycles. The van der Waals surface area contributed by atoms with Gasteiger partial charge in [0.15, 0.2) is 5.13 Å². The van der Waals surface area contributed by atoms with Crippen molar-refractivity contribution in [1.82, 2.24) is 9.88 Å². The number of benzene rings is 2. The van der Waals surface area contributed by atoms with E-state index in [1.54, 1.807) is 30.3 Å². The lowest BCUT2D eigenvalue weighted by Gasteiger charge is -2.13. The summed E-state index contributed by atoms with van der Waals surface area (Å²) in [7, 11) is 0. The number of rotatable bonds is 12. The Bertz CT molecular complexity index is 1160. The molecule has 2 aromatic carbocycles. The van der Waals surface area contributed by atoms with Crippen LogP contribution in [0.15, 0.2) is 42.5 Å². The molecule has 0 unspecified atom stereocenters. The standard InChI is InChI=1S/C26H28FN3O3S/c27-18-14-15-21-22(17-18)34-26(28-21)29-23(31)13-7-5-3-1-2-4-6-10-16-30-24(32)19-11-8-9-12-20(19)25(30)33/h8-9,11-12,14-15,17H,1-7,10,13,16H2,(H,28,29,31). The van der Waals surface area contributed by atoms with Gasteiger partial charge in [-0.3, -0.25) is 19.3 Å². The zero-order chi connectivity index (χ0) is 23.9. The SMILES string of the molecule is O=C(CCCCCCCCCCN1C(=O)c2ccccc2C1=O)Nc1nc2ccc(F)cc2s1. The number of thiazole rings is 1. The molecule has 3 amide bonds. The molecule has 34 heavy (non-hydrogen) atoms. The normalized spacial score (nSPS) is 13.0. The second-order valence-electron chi connectivity index (χ2n) is 8.57. The van der Waals surface area contributed by atoms with Crippen LogP contribution in [0.3, 0.4) is 0 Å². The first kappa shape index (κ1) is 24.0. The molecule has 0 fully saturated rings. The minimum atomic E-state index is -0.309. The second-order valence-corrected chi connectivity index (χ2v) is 9.60. The van der Waals surface area contributed by atoms with Crippen LogP contribution in [0.2, 0.25) is 0 Å². The Morgan fingerprint density at radius 1 is 0.882 bits per heavy atom. The molecule has 1 aliphatic rings. The zero-order valence-corrected chi connectivity index (χ0v) is 19.8. The highest BCUT2D eigenvalue weighted by atomic mass is 32.1. The van der Waals surface area contributed by atoms with Gasteiger partial charge in [0.1, 0.15) is 5.82 Å². The fourth-order valence-corrected chi connectivity index (χ4v) is 5.10. The third kappa shape index (κ3) is 5.86. The van der Waals surface area contributed by atoms with E-state index in [0.717, 1.165) is 56.1 Å². The topological polar surface area (TPSA) is 79.4 Å². The lowest BCUT2D eigenvalue weighted by Crippen LogP contribution is -2.30. The van der Waals surface area contributed by atoms with Gasteiger partial charge in [0, 0.05) is 13.0 Å². The van der Waals surface area contributed by atoms with Gasteiger partial charge in [0.25, 0.3) is 11.8 Å². The van der Waals surface area contributed by atoms with Crippen LogP contribution in [0.1, 0.15) is 78.5 Å². The van der Waals surface area contributed by atoms with Crippen molar-refractivity contribution in [2.24, 2.45) is 0 Å². The van der Waals surface area contributed by atoms with Crippen molar-refractivity contribution in [3.05, 3.63) is 59.4 Å². The monoisotopic (exact) mass is 481 g/mol. The predicted octanol–water partition coefficient (Wildman–Crippen LogP) is 6.18. The molecule has 0 spiro atoms. The number of anilines is 1. The summed E-state index contributed by atoms with van der Waals surface area (Å²) in [4.78, 5) is 42.5. The molecule has 0 atom stereocenters. The molecule has 1 N–H and O–H groups in total. The lowest BCUT2D eigenvalue weighted by molar-refractivity contribution is -0.116. The molecule has 0 radical (unpaired) electrons. The molecule has 0 saturated heterocycles. The molecule has 6 nitrogen and oxygen atoms in total. The van der Waals surface area contributed by atoms with E-state index < -0.39 is 0 Å². The van der Waals surface area contributed by atoms with E-state index in [2.05, 4.69) is 10.3 Å². The van der Waals surface area contributed by atoms with Gasteiger partial charge in [-0.25, -0.2) is 9.37 Å². The number of carbonyl (C=O) groups is 3. The zero-order valence-electron chi connectivity index (χ0n) is 19.0. The Kier molecular flexibility index (Phi) is 8.00. The molecule has 0 saturated carbocycles. The predicted molar refractivity (Wildman–Crippen MR) is 132 cm³/mol. The summed E-state index contributed by atoms with van der Waals surface area (Å²) in [6, 6.07) is 11.4. The Balaban J connectivity index is 1.03. The molecular formula is C26H28FN3O3S. The number of hydrogen-bond donors (Lipinski definition) is 1. The molecular weight excluding hydrogens is 453 g/mol. The number of halogens is 1. The van der Waals surface area contributed by atoms with Crippen molar-refractivity contribution in [2.45, 2.75) is 57.8 Å². The minimum absolute atomic E-state index is 0.0623. The molecule has 178 valence electrons. The van der Waals surface area contributed by atoms with Crippen LogP contribution < -0.4 is 5.32 Å². The number of hydrogen-bond acceptors (Lipinski definition) is 5. The maximum atomic E-state index is 13.3. The number of carbonyl (C=O) groups excluding carboxylic acids is 3. The number of aromatic nitrogens is 1. The molecule has 4 rings (SSSR count). The first-order valence-electron chi connectivity index (χ1n) is 11.8. The van der Waals surface area contributed by atoms with Crippen molar-refractivity contribution in [1.29, 1.82) is 0 Å². The average Bonchev–Trinajstić information content (AvgIpc) is 3.33. The lowest BCUT2D eigenvalue weighted by atomic mass is 10.1. The quantitative estimate of drug-likeness (QED) is 0.247. The summed E-state index contributed by atoms with van der Waals surface area (Å²) in [5.41, 5.74) is 1.71. The molecule has 2 heterocycles. The van der Waals surface area contributed by atoms with Crippen LogP contribution in [-0.4, -0.2) is 34.2 Å². The van der Waals surface area contributed by atoms with Crippen LogP contribution in [0.5, 0.6) is 0 Å². The number of amides is 3. The Labute approximate surface area is 202 Å². The fourth-order valence-electron chi connectivity index (χ4n) is 4.19. The number of imide groups is 1. The van der Waals surface area contributed by atoms with Crippen LogP contribution in [0.4, 0.5) is 9.52 Å². The summed E-state index contributed by atoms with van der Waals surface area (Å²) in [5.74, 6) is -0.729. The van der Waals surface area contributed by atoms with Crippen LogP contribution in [-0.2, 0) is 4.79 Å². The Morgan fingerprint density at radius 2 is 1.50 bits per heavy atom. The highest BCUT2D eigenvalue weighted by Crippen LogP contribution is 2.27. The molecule has 1 aliphatic heterocycles. The average molecular weight is 482 g/mol. The van der Waals surface area contributed by atoms with Crippen molar-refractivity contribution in [3.8, 4) is 0 Å². The van der Waals surface area contributed by atoms with Crippen molar-refractivity contribution < 1.29 is 18.8 Å². The maximum absolute atomic E-state index is 13.3. The highest BCUT2D eigenvalue weighted by Gasteiger charge is 2.34. The number of nitrogens with zero attached hydrogens (tertiary/aromatic N) is 2. The van der Waals surface area contributed by atoms with E-state index >= 15 is 0 Å². The van der Waals surface area contributed by atoms with Gasteiger partial charge in [0.2, 0.25) is 5.91 Å². The van der Waals surface area contributed by atoms with Crippen LogP contribution >= 0.6 is 11.3 Å². The van der Waals surface area contributed by atoms with E-state index in [1.165, 1.54) is 28.4 Å². The molecule has 8 heteroatoms.